The Kier molecular flexibility index (Phi) is 4.72. The van der Waals surface area contributed by atoms with Gasteiger partial charge in [0.15, 0.2) is 0 Å². The van der Waals surface area contributed by atoms with Gasteiger partial charge >= 0.3 is 6.18 Å². The Morgan fingerprint density at radius 2 is 1.93 bits per heavy atom. The number of rotatable bonds is 3. The molecule has 2 unspecified atom stereocenters. The van der Waals surface area contributed by atoms with Crippen molar-refractivity contribution < 1.29 is 17.9 Å². The number of piperidine rings is 1. The Balaban J connectivity index is 1.60. The Hall–Kier alpha value is -2.65. The number of hydrogen-bond acceptors (Lipinski definition) is 7. The maximum Gasteiger partial charge on any atom is 0.433 e. The van der Waals surface area contributed by atoms with E-state index >= 15 is 0 Å². The van der Waals surface area contributed by atoms with Crippen LogP contribution in [0.25, 0.3) is 0 Å². The van der Waals surface area contributed by atoms with Gasteiger partial charge in [-0.2, -0.15) is 18.2 Å². The van der Waals surface area contributed by atoms with E-state index in [9.17, 15) is 13.2 Å². The zero-order valence-corrected chi connectivity index (χ0v) is 15.6. The second-order valence-electron chi connectivity index (χ2n) is 7.10. The van der Waals surface area contributed by atoms with Crippen LogP contribution in [0, 0.1) is 12.8 Å². The predicted octanol–water partition coefficient (Wildman–Crippen LogP) is 2.71. The summed E-state index contributed by atoms with van der Waals surface area (Å²) in [6.07, 6.45) is -0.989. The van der Waals surface area contributed by atoms with Crippen molar-refractivity contribution in [2.24, 2.45) is 5.92 Å². The normalized spacial score (nSPS) is 22.3. The minimum atomic E-state index is -4.49. The summed E-state index contributed by atoms with van der Waals surface area (Å²) in [5.74, 6) is 1.92. The summed E-state index contributed by atoms with van der Waals surface area (Å²) in [5, 5.41) is 0. The lowest BCUT2D eigenvalue weighted by molar-refractivity contribution is -0.141. The Labute approximate surface area is 160 Å². The summed E-state index contributed by atoms with van der Waals surface area (Å²) >= 11 is 0. The monoisotopic (exact) mass is 394 g/mol. The lowest BCUT2D eigenvalue weighted by Gasteiger charge is -2.39. The third kappa shape index (κ3) is 3.55. The standard InChI is InChI=1S/C18H21F3N6O/c1-11-23-14(18(19,20)21)9-15(24-11)27-8-5-12-4-7-26(10-13(12)27)17-22-6-3-16(25-17)28-2/h3,6,9,12-13H,4-5,7-8,10H2,1-2H3. The van der Waals surface area contributed by atoms with Crippen LogP contribution in [0.1, 0.15) is 24.4 Å². The molecule has 2 saturated heterocycles. The van der Waals surface area contributed by atoms with E-state index in [2.05, 4.69) is 24.8 Å². The molecule has 0 aliphatic carbocycles. The van der Waals surface area contributed by atoms with Crippen LogP contribution in [0.5, 0.6) is 5.88 Å². The first-order valence-corrected chi connectivity index (χ1v) is 9.16. The zero-order valence-electron chi connectivity index (χ0n) is 15.6. The lowest BCUT2D eigenvalue weighted by atomic mass is 9.92. The van der Waals surface area contributed by atoms with E-state index in [0.717, 1.165) is 25.5 Å². The highest BCUT2D eigenvalue weighted by Gasteiger charge is 2.41. The predicted molar refractivity (Wildman–Crippen MR) is 96.4 cm³/mol. The summed E-state index contributed by atoms with van der Waals surface area (Å²) in [6.45, 7) is 3.60. The van der Waals surface area contributed by atoms with Gasteiger partial charge in [-0.25, -0.2) is 15.0 Å². The number of hydrogen-bond donors (Lipinski definition) is 0. The van der Waals surface area contributed by atoms with Gasteiger partial charge in [0.25, 0.3) is 0 Å². The van der Waals surface area contributed by atoms with Crippen LogP contribution in [0.3, 0.4) is 0 Å². The average molecular weight is 394 g/mol. The van der Waals surface area contributed by atoms with Crippen molar-refractivity contribution in [3.63, 3.8) is 0 Å². The van der Waals surface area contributed by atoms with Crippen molar-refractivity contribution >= 4 is 11.8 Å². The topological polar surface area (TPSA) is 67.3 Å². The van der Waals surface area contributed by atoms with E-state index in [-0.39, 0.29) is 11.9 Å². The maximum atomic E-state index is 13.2. The number of ether oxygens (including phenoxy) is 1. The molecule has 2 atom stereocenters. The summed E-state index contributed by atoms with van der Waals surface area (Å²) in [6, 6.07) is 2.79. The van der Waals surface area contributed by atoms with E-state index < -0.39 is 11.9 Å². The average Bonchev–Trinajstić information content (AvgIpc) is 3.10. The summed E-state index contributed by atoms with van der Waals surface area (Å²) in [5.41, 5.74) is -0.901. The number of aromatic nitrogens is 4. The second kappa shape index (κ2) is 7.06. The first-order chi connectivity index (χ1) is 13.3. The molecule has 0 amide bonds. The first kappa shape index (κ1) is 18.7. The van der Waals surface area contributed by atoms with Gasteiger partial charge in [0.05, 0.1) is 13.2 Å². The van der Waals surface area contributed by atoms with Crippen molar-refractivity contribution in [3.8, 4) is 5.88 Å². The van der Waals surface area contributed by atoms with Gasteiger partial charge in [0.2, 0.25) is 11.8 Å². The molecule has 150 valence electrons. The highest BCUT2D eigenvalue weighted by atomic mass is 19.4. The highest BCUT2D eigenvalue weighted by Crippen LogP contribution is 2.37. The number of aryl methyl sites for hydroxylation is 1. The molecular formula is C18H21F3N6O. The molecule has 0 spiro atoms. The van der Waals surface area contributed by atoms with Crippen molar-refractivity contribution in [2.75, 3.05) is 36.5 Å². The number of alkyl halides is 3. The van der Waals surface area contributed by atoms with Crippen LogP contribution in [0.15, 0.2) is 18.3 Å². The molecule has 7 nitrogen and oxygen atoms in total. The summed E-state index contributed by atoms with van der Waals surface area (Å²) < 4.78 is 44.7. The number of nitrogens with zero attached hydrogens (tertiary/aromatic N) is 6. The Morgan fingerprint density at radius 1 is 1.14 bits per heavy atom. The third-order valence-electron chi connectivity index (χ3n) is 5.38. The largest absolute Gasteiger partial charge is 0.481 e. The minimum Gasteiger partial charge on any atom is -0.481 e. The summed E-state index contributed by atoms with van der Waals surface area (Å²) in [4.78, 5) is 20.6. The summed E-state index contributed by atoms with van der Waals surface area (Å²) in [7, 11) is 1.55. The van der Waals surface area contributed by atoms with Crippen molar-refractivity contribution in [2.45, 2.75) is 32.0 Å². The fraction of sp³-hybridized carbons (Fsp3) is 0.556. The van der Waals surface area contributed by atoms with Crippen LogP contribution >= 0.6 is 0 Å². The molecule has 4 rings (SSSR count). The number of halogens is 3. The third-order valence-corrected chi connectivity index (χ3v) is 5.38. The first-order valence-electron chi connectivity index (χ1n) is 9.16. The van der Waals surface area contributed by atoms with Gasteiger partial charge in [-0.3, -0.25) is 0 Å². The maximum absolute atomic E-state index is 13.2. The molecule has 4 heterocycles. The van der Waals surface area contributed by atoms with E-state index in [1.807, 2.05) is 4.90 Å². The van der Waals surface area contributed by atoms with Gasteiger partial charge < -0.3 is 14.5 Å². The molecule has 0 N–H and O–H groups in total. The van der Waals surface area contributed by atoms with E-state index in [1.54, 1.807) is 19.4 Å². The van der Waals surface area contributed by atoms with E-state index in [1.165, 1.54) is 6.92 Å². The smallest absolute Gasteiger partial charge is 0.433 e. The molecule has 2 fully saturated rings. The molecule has 2 aliphatic rings. The van der Waals surface area contributed by atoms with Crippen LogP contribution in [0.2, 0.25) is 0 Å². The molecule has 0 radical (unpaired) electrons. The number of anilines is 2. The minimum absolute atomic E-state index is 0.0546. The molecule has 2 aliphatic heterocycles. The van der Waals surface area contributed by atoms with Gasteiger partial charge in [0, 0.05) is 38.0 Å². The molecule has 0 bridgehead atoms. The second-order valence-corrected chi connectivity index (χ2v) is 7.10. The zero-order chi connectivity index (χ0) is 19.9. The molecule has 10 heteroatoms. The lowest BCUT2D eigenvalue weighted by Crippen LogP contribution is -2.49. The molecule has 0 saturated carbocycles. The van der Waals surface area contributed by atoms with E-state index in [0.29, 0.717) is 36.7 Å². The van der Waals surface area contributed by atoms with Crippen LogP contribution in [-0.4, -0.2) is 52.7 Å². The van der Waals surface area contributed by atoms with Crippen molar-refractivity contribution in [3.05, 3.63) is 29.8 Å². The fourth-order valence-corrected chi connectivity index (χ4v) is 4.05. The number of fused-ring (bicyclic) bond motifs is 1. The van der Waals surface area contributed by atoms with Crippen LogP contribution in [-0.2, 0) is 6.18 Å². The Bertz CT molecular complexity index is 861. The van der Waals surface area contributed by atoms with Gasteiger partial charge in [0.1, 0.15) is 17.3 Å². The van der Waals surface area contributed by atoms with Crippen molar-refractivity contribution in [1.82, 2.24) is 19.9 Å². The highest BCUT2D eigenvalue weighted by molar-refractivity contribution is 5.46. The van der Waals surface area contributed by atoms with Gasteiger partial charge in [-0.1, -0.05) is 0 Å². The molecular weight excluding hydrogens is 373 g/mol. The molecule has 2 aromatic heterocycles. The van der Waals surface area contributed by atoms with Crippen LogP contribution < -0.4 is 14.5 Å². The fourth-order valence-electron chi connectivity index (χ4n) is 4.05. The van der Waals surface area contributed by atoms with Crippen LogP contribution in [0.4, 0.5) is 24.9 Å². The molecule has 28 heavy (non-hydrogen) atoms. The van der Waals surface area contributed by atoms with Gasteiger partial charge in [-0.15, -0.1) is 0 Å². The Morgan fingerprint density at radius 3 is 2.68 bits per heavy atom. The van der Waals surface area contributed by atoms with Crippen molar-refractivity contribution in [1.29, 1.82) is 0 Å². The van der Waals surface area contributed by atoms with Gasteiger partial charge in [-0.05, 0) is 25.7 Å². The quantitative estimate of drug-likeness (QED) is 0.793. The van der Waals surface area contributed by atoms with E-state index in [4.69, 9.17) is 4.74 Å². The SMILES string of the molecule is COc1ccnc(N2CCC3CCN(c4cc(C(F)(F)F)nc(C)n4)C3C2)n1. The number of methoxy groups -OCH3 is 1. The molecule has 0 aromatic carbocycles. The molecule has 2 aromatic rings.